The third kappa shape index (κ3) is 2.83. The number of carbonyl (C=O) groups is 1. The zero-order chi connectivity index (χ0) is 15.6. The fourth-order valence-electron chi connectivity index (χ4n) is 3.06. The van der Waals surface area contributed by atoms with Gasteiger partial charge in [0.05, 0.1) is 18.6 Å². The second-order valence-corrected chi connectivity index (χ2v) is 5.88. The van der Waals surface area contributed by atoms with E-state index < -0.39 is 11.5 Å². The van der Waals surface area contributed by atoms with E-state index in [4.69, 9.17) is 4.74 Å². The number of methoxy groups -OCH3 is 1. The van der Waals surface area contributed by atoms with Gasteiger partial charge in [0, 0.05) is 31.4 Å². The lowest BCUT2D eigenvalue weighted by molar-refractivity contribution is -0.128. The van der Waals surface area contributed by atoms with Crippen molar-refractivity contribution < 1.29 is 14.6 Å². The van der Waals surface area contributed by atoms with Gasteiger partial charge in [0.1, 0.15) is 5.75 Å². The van der Waals surface area contributed by atoms with Gasteiger partial charge in [-0.3, -0.25) is 4.79 Å². The SMILES string of the molecule is CNC(=O)C1(C)CCN(c2cccc(OC)c2[C@H](C)O)C1. The molecule has 0 spiro atoms. The Bertz CT molecular complexity index is 530. The Hall–Kier alpha value is -1.75. The van der Waals surface area contributed by atoms with Crippen molar-refractivity contribution >= 4 is 11.6 Å². The van der Waals surface area contributed by atoms with Gasteiger partial charge in [-0.05, 0) is 32.4 Å². The summed E-state index contributed by atoms with van der Waals surface area (Å²) in [7, 11) is 3.27. The third-order valence-corrected chi connectivity index (χ3v) is 4.27. The molecular weight excluding hydrogens is 268 g/mol. The minimum atomic E-state index is -0.622. The van der Waals surface area contributed by atoms with Crippen molar-refractivity contribution in [1.82, 2.24) is 5.32 Å². The Morgan fingerprint density at radius 1 is 1.52 bits per heavy atom. The summed E-state index contributed by atoms with van der Waals surface area (Å²) in [4.78, 5) is 14.2. The predicted octanol–water partition coefficient (Wildman–Crippen LogP) is 1.71. The molecule has 1 unspecified atom stereocenters. The maximum atomic E-state index is 12.0. The van der Waals surface area contributed by atoms with Crippen LogP contribution in [0, 0.1) is 5.41 Å². The molecule has 1 aliphatic rings. The molecule has 0 saturated carbocycles. The van der Waals surface area contributed by atoms with E-state index in [0.717, 1.165) is 24.2 Å². The number of rotatable bonds is 4. The number of aliphatic hydroxyl groups excluding tert-OH is 1. The van der Waals surface area contributed by atoms with Crippen LogP contribution in [0.15, 0.2) is 18.2 Å². The number of carbonyl (C=O) groups excluding carboxylic acids is 1. The molecule has 1 saturated heterocycles. The van der Waals surface area contributed by atoms with Crippen molar-refractivity contribution in [2.45, 2.75) is 26.4 Å². The Kier molecular flexibility index (Phi) is 4.42. The van der Waals surface area contributed by atoms with Crippen molar-refractivity contribution in [2.75, 3.05) is 32.1 Å². The number of hydrogen-bond acceptors (Lipinski definition) is 4. The first-order chi connectivity index (χ1) is 9.92. The molecule has 1 amide bonds. The summed E-state index contributed by atoms with van der Waals surface area (Å²) in [6, 6.07) is 5.73. The van der Waals surface area contributed by atoms with Crippen LogP contribution < -0.4 is 15.0 Å². The molecule has 0 aromatic heterocycles. The first kappa shape index (κ1) is 15.6. The first-order valence-electron chi connectivity index (χ1n) is 7.25. The van der Waals surface area contributed by atoms with Crippen LogP contribution in [0.5, 0.6) is 5.75 Å². The molecule has 1 heterocycles. The molecule has 21 heavy (non-hydrogen) atoms. The maximum absolute atomic E-state index is 12.0. The van der Waals surface area contributed by atoms with Gasteiger partial charge < -0.3 is 20.1 Å². The van der Waals surface area contributed by atoms with Gasteiger partial charge in [-0.1, -0.05) is 6.07 Å². The predicted molar refractivity (Wildman–Crippen MR) is 82.6 cm³/mol. The van der Waals surface area contributed by atoms with Crippen molar-refractivity contribution in [3.63, 3.8) is 0 Å². The second-order valence-electron chi connectivity index (χ2n) is 5.88. The molecule has 1 aliphatic heterocycles. The van der Waals surface area contributed by atoms with Crippen LogP contribution in [0.3, 0.4) is 0 Å². The topological polar surface area (TPSA) is 61.8 Å². The number of benzene rings is 1. The van der Waals surface area contributed by atoms with Crippen LogP contribution in [0.4, 0.5) is 5.69 Å². The molecule has 0 radical (unpaired) electrons. The van der Waals surface area contributed by atoms with Gasteiger partial charge >= 0.3 is 0 Å². The van der Waals surface area contributed by atoms with Crippen molar-refractivity contribution in [2.24, 2.45) is 5.41 Å². The monoisotopic (exact) mass is 292 g/mol. The van der Waals surface area contributed by atoms with Crippen LogP contribution in [-0.4, -0.2) is 38.3 Å². The summed E-state index contributed by atoms with van der Waals surface area (Å²) in [5, 5.41) is 12.8. The minimum absolute atomic E-state index is 0.0616. The van der Waals surface area contributed by atoms with Gasteiger partial charge in [0.15, 0.2) is 0 Å². The smallest absolute Gasteiger partial charge is 0.227 e. The largest absolute Gasteiger partial charge is 0.496 e. The number of hydrogen-bond donors (Lipinski definition) is 2. The standard InChI is InChI=1S/C16H24N2O3/c1-11(19)14-12(6-5-7-13(14)21-4)18-9-8-16(2,10-18)15(20)17-3/h5-7,11,19H,8-10H2,1-4H3,(H,17,20)/t11-,16?/m0/s1. The molecular formula is C16H24N2O3. The minimum Gasteiger partial charge on any atom is -0.496 e. The molecule has 5 heteroatoms. The van der Waals surface area contributed by atoms with Crippen LogP contribution in [0.25, 0.3) is 0 Å². The Morgan fingerprint density at radius 3 is 2.81 bits per heavy atom. The Morgan fingerprint density at radius 2 is 2.24 bits per heavy atom. The van der Waals surface area contributed by atoms with Crippen LogP contribution in [0.1, 0.15) is 31.9 Å². The normalized spacial score (nSPS) is 23.0. The van der Waals surface area contributed by atoms with Crippen LogP contribution >= 0.6 is 0 Å². The van der Waals surface area contributed by atoms with Crippen molar-refractivity contribution in [1.29, 1.82) is 0 Å². The molecule has 1 fully saturated rings. The van der Waals surface area contributed by atoms with E-state index in [-0.39, 0.29) is 5.91 Å². The highest BCUT2D eigenvalue weighted by atomic mass is 16.5. The lowest BCUT2D eigenvalue weighted by Gasteiger charge is -2.27. The van der Waals surface area contributed by atoms with Gasteiger partial charge in [0.25, 0.3) is 0 Å². The van der Waals surface area contributed by atoms with E-state index in [2.05, 4.69) is 10.2 Å². The van der Waals surface area contributed by atoms with Gasteiger partial charge in [0.2, 0.25) is 5.91 Å². The van der Waals surface area contributed by atoms with Gasteiger partial charge in [-0.25, -0.2) is 0 Å². The zero-order valence-electron chi connectivity index (χ0n) is 13.1. The summed E-state index contributed by atoms with van der Waals surface area (Å²) in [6.07, 6.45) is 0.173. The second kappa shape index (κ2) is 5.93. The van der Waals surface area contributed by atoms with E-state index in [9.17, 15) is 9.90 Å². The maximum Gasteiger partial charge on any atom is 0.227 e. The highest BCUT2D eigenvalue weighted by molar-refractivity contribution is 5.83. The van der Waals surface area contributed by atoms with E-state index >= 15 is 0 Å². The molecule has 2 N–H and O–H groups in total. The van der Waals surface area contributed by atoms with Gasteiger partial charge in [-0.15, -0.1) is 0 Å². The van der Waals surface area contributed by atoms with Gasteiger partial charge in [-0.2, -0.15) is 0 Å². The molecule has 2 rings (SSSR count). The zero-order valence-corrected chi connectivity index (χ0v) is 13.1. The summed E-state index contributed by atoms with van der Waals surface area (Å²) in [6.45, 7) is 5.14. The summed E-state index contributed by atoms with van der Waals surface area (Å²) < 4.78 is 5.36. The Balaban J connectivity index is 2.34. The first-order valence-corrected chi connectivity index (χ1v) is 7.25. The fourth-order valence-corrected chi connectivity index (χ4v) is 3.06. The molecule has 0 bridgehead atoms. The van der Waals surface area contributed by atoms with E-state index in [1.807, 2.05) is 25.1 Å². The average Bonchev–Trinajstić information content (AvgIpc) is 2.89. The number of nitrogens with one attached hydrogen (secondary N) is 1. The van der Waals surface area contributed by atoms with E-state index in [1.165, 1.54) is 0 Å². The average molecular weight is 292 g/mol. The number of nitrogens with zero attached hydrogens (tertiary/aromatic N) is 1. The highest BCUT2D eigenvalue weighted by Crippen LogP contribution is 2.39. The molecule has 116 valence electrons. The number of aliphatic hydroxyl groups is 1. The summed E-state index contributed by atoms with van der Waals surface area (Å²) >= 11 is 0. The van der Waals surface area contributed by atoms with Crippen molar-refractivity contribution in [3.8, 4) is 5.75 Å². The number of anilines is 1. The summed E-state index contributed by atoms with van der Waals surface area (Å²) in [5.74, 6) is 0.738. The lowest BCUT2D eigenvalue weighted by atomic mass is 9.89. The van der Waals surface area contributed by atoms with E-state index in [1.54, 1.807) is 21.1 Å². The fraction of sp³-hybridized carbons (Fsp3) is 0.562. The molecule has 5 nitrogen and oxygen atoms in total. The quantitative estimate of drug-likeness (QED) is 0.887. The molecule has 0 aliphatic carbocycles. The number of ether oxygens (including phenoxy) is 1. The van der Waals surface area contributed by atoms with Crippen LogP contribution in [-0.2, 0) is 4.79 Å². The Labute approximate surface area is 125 Å². The third-order valence-electron chi connectivity index (χ3n) is 4.27. The number of amides is 1. The highest BCUT2D eigenvalue weighted by Gasteiger charge is 2.40. The summed E-state index contributed by atoms with van der Waals surface area (Å²) in [5.41, 5.74) is 1.33. The molecule has 1 aromatic rings. The van der Waals surface area contributed by atoms with E-state index in [0.29, 0.717) is 12.3 Å². The van der Waals surface area contributed by atoms with Crippen molar-refractivity contribution in [3.05, 3.63) is 23.8 Å². The molecule has 1 aromatic carbocycles. The van der Waals surface area contributed by atoms with Crippen LogP contribution in [0.2, 0.25) is 0 Å². The lowest BCUT2D eigenvalue weighted by Crippen LogP contribution is -2.39. The molecule has 2 atom stereocenters.